The molecule has 1 aromatic carbocycles. The topological polar surface area (TPSA) is 84.2 Å². The standard InChI is InChI=1S/C17H19N5O2S/c1-11-20-21-17(25-11)19-15(23)10-22-8-6-12(7-9-22)16-18-13-4-2-3-5-14(13)24-16/h2-5,12H,6-10H2,1H3,(H,19,21,23). The molecule has 1 saturated heterocycles. The van der Waals surface area contributed by atoms with Gasteiger partial charge in [0.05, 0.1) is 6.54 Å². The molecule has 0 saturated carbocycles. The van der Waals surface area contributed by atoms with E-state index in [0.717, 1.165) is 47.9 Å². The van der Waals surface area contributed by atoms with E-state index >= 15 is 0 Å². The van der Waals surface area contributed by atoms with Gasteiger partial charge in [0.15, 0.2) is 11.5 Å². The molecule has 3 heterocycles. The Morgan fingerprint density at radius 2 is 2.12 bits per heavy atom. The monoisotopic (exact) mass is 357 g/mol. The van der Waals surface area contributed by atoms with E-state index in [0.29, 0.717) is 17.6 Å². The highest BCUT2D eigenvalue weighted by molar-refractivity contribution is 7.15. The van der Waals surface area contributed by atoms with Crippen molar-refractivity contribution in [1.29, 1.82) is 0 Å². The van der Waals surface area contributed by atoms with Crippen LogP contribution >= 0.6 is 11.3 Å². The average molecular weight is 357 g/mol. The number of amides is 1. The number of nitrogens with one attached hydrogen (secondary N) is 1. The van der Waals surface area contributed by atoms with Gasteiger partial charge >= 0.3 is 0 Å². The number of fused-ring (bicyclic) bond motifs is 1. The molecule has 0 unspecified atom stereocenters. The van der Waals surface area contributed by atoms with E-state index in [-0.39, 0.29) is 5.91 Å². The number of carbonyl (C=O) groups is 1. The van der Waals surface area contributed by atoms with Crippen LogP contribution in [0.2, 0.25) is 0 Å². The number of piperidine rings is 1. The molecule has 0 aliphatic carbocycles. The van der Waals surface area contributed by atoms with Crippen molar-refractivity contribution in [1.82, 2.24) is 20.1 Å². The number of aryl methyl sites for hydroxylation is 1. The first-order valence-corrected chi connectivity index (χ1v) is 9.17. The average Bonchev–Trinajstić information content (AvgIpc) is 3.21. The lowest BCUT2D eigenvalue weighted by Gasteiger charge is -2.29. The number of para-hydroxylation sites is 2. The first-order valence-electron chi connectivity index (χ1n) is 8.35. The van der Waals surface area contributed by atoms with Crippen molar-refractivity contribution in [3.05, 3.63) is 35.2 Å². The molecule has 1 fully saturated rings. The summed E-state index contributed by atoms with van der Waals surface area (Å²) in [5.41, 5.74) is 1.75. The zero-order chi connectivity index (χ0) is 17.2. The second-order valence-electron chi connectivity index (χ2n) is 6.24. The van der Waals surface area contributed by atoms with Crippen LogP contribution in [0.25, 0.3) is 11.1 Å². The third-order valence-corrected chi connectivity index (χ3v) is 5.14. The van der Waals surface area contributed by atoms with Gasteiger partial charge in [0.2, 0.25) is 11.0 Å². The molecule has 0 spiro atoms. The maximum Gasteiger partial charge on any atom is 0.240 e. The fourth-order valence-corrected chi connectivity index (χ4v) is 3.72. The second kappa shape index (κ2) is 6.89. The normalized spacial score (nSPS) is 16.4. The number of rotatable bonds is 4. The van der Waals surface area contributed by atoms with Gasteiger partial charge in [0.25, 0.3) is 0 Å². The lowest BCUT2D eigenvalue weighted by Crippen LogP contribution is -2.38. The van der Waals surface area contributed by atoms with Gasteiger partial charge in [0, 0.05) is 5.92 Å². The van der Waals surface area contributed by atoms with Gasteiger partial charge in [-0.1, -0.05) is 23.5 Å². The Morgan fingerprint density at radius 1 is 1.32 bits per heavy atom. The molecule has 3 aromatic rings. The van der Waals surface area contributed by atoms with Crippen LogP contribution < -0.4 is 5.32 Å². The molecule has 1 aliphatic rings. The molecule has 7 nitrogen and oxygen atoms in total. The summed E-state index contributed by atoms with van der Waals surface area (Å²) < 4.78 is 5.88. The molecule has 25 heavy (non-hydrogen) atoms. The van der Waals surface area contributed by atoms with Crippen LogP contribution in [0.1, 0.15) is 29.7 Å². The van der Waals surface area contributed by atoms with Crippen LogP contribution in [0.5, 0.6) is 0 Å². The Morgan fingerprint density at radius 3 is 2.84 bits per heavy atom. The Labute approximate surface area is 149 Å². The summed E-state index contributed by atoms with van der Waals surface area (Å²) in [5, 5.41) is 12.0. The third kappa shape index (κ3) is 3.69. The summed E-state index contributed by atoms with van der Waals surface area (Å²) in [7, 11) is 0. The van der Waals surface area contributed by atoms with E-state index in [9.17, 15) is 4.79 Å². The van der Waals surface area contributed by atoms with Crippen LogP contribution in [0.15, 0.2) is 28.7 Å². The van der Waals surface area contributed by atoms with Gasteiger partial charge < -0.3 is 4.42 Å². The zero-order valence-electron chi connectivity index (χ0n) is 13.9. The summed E-state index contributed by atoms with van der Waals surface area (Å²) in [6.07, 6.45) is 1.88. The van der Waals surface area contributed by atoms with E-state index in [1.807, 2.05) is 31.2 Å². The van der Waals surface area contributed by atoms with Crippen LogP contribution in [0.4, 0.5) is 5.13 Å². The molecule has 0 atom stereocenters. The number of carbonyl (C=O) groups excluding carboxylic acids is 1. The van der Waals surface area contributed by atoms with Crippen molar-refractivity contribution in [2.45, 2.75) is 25.7 Å². The van der Waals surface area contributed by atoms with Crippen molar-refractivity contribution in [2.75, 3.05) is 25.0 Å². The minimum absolute atomic E-state index is 0.0449. The van der Waals surface area contributed by atoms with E-state index in [2.05, 4.69) is 25.4 Å². The summed E-state index contributed by atoms with van der Waals surface area (Å²) >= 11 is 1.38. The minimum Gasteiger partial charge on any atom is -0.440 e. The van der Waals surface area contributed by atoms with Crippen LogP contribution in [0.3, 0.4) is 0 Å². The number of aromatic nitrogens is 3. The molecular formula is C17H19N5O2S. The number of oxazole rings is 1. The van der Waals surface area contributed by atoms with Gasteiger partial charge in [0.1, 0.15) is 10.5 Å². The summed E-state index contributed by atoms with van der Waals surface area (Å²) in [4.78, 5) is 18.9. The predicted octanol–water partition coefficient (Wildman–Crippen LogP) is 2.81. The minimum atomic E-state index is -0.0449. The van der Waals surface area contributed by atoms with Gasteiger partial charge in [-0.25, -0.2) is 4.98 Å². The van der Waals surface area contributed by atoms with Gasteiger partial charge in [-0.3, -0.25) is 15.0 Å². The molecule has 1 N–H and O–H groups in total. The first kappa shape index (κ1) is 16.2. The third-order valence-electron chi connectivity index (χ3n) is 4.39. The van der Waals surface area contributed by atoms with Crippen molar-refractivity contribution < 1.29 is 9.21 Å². The highest BCUT2D eigenvalue weighted by atomic mass is 32.1. The molecule has 0 bridgehead atoms. The summed E-state index contributed by atoms with van der Waals surface area (Å²) in [6, 6.07) is 7.84. The Hall–Kier alpha value is -2.32. The van der Waals surface area contributed by atoms with Crippen LogP contribution in [-0.2, 0) is 4.79 Å². The number of likely N-dealkylation sites (tertiary alicyclic amines) is 1. The first-order chi connectivity index (χ1) is 12.2. The Balaban J connectivity index is 1.31. The quantitative estimate of drug-likeness (QED) is 0.773. The number of anilines is 1. The zero-order valence-corrected chi connectivity index (χ0v) is 14.8. The van der Waals surface area contributed by atoms with E-state index in [1.165, 1.54) is 11.3 Å². The molecule has 0 radical (unpaired) electrons. The lowest BCUT2D eigenvalue weighted by molar-refractivity contribution is -0.117. The molecule has 2 aromatic heterocycles. The maximum atomic E-state index is 12.1. The van der Waals surface area contributed by atoms with Crippen molar-refractivity contribution in [3.63, 3.8) is 0 Å². The highest BCUT2D eigenvalue weighted by Gasteiger charge is 2.25. The second-order valence-corrected chi connectivity index (χ2v) is 7.43. The molecular weight excluding hydrogens is 338 g/mol. The Kier molecular flexibility index (Phi) is 4.46. The summed E-state index contributed by atoms with van der Waals surface area (Å²) in [6.45, 7) is 3.95. The maximum absolute atomic E-state index is 12.1. The molecule has 130 valence electrons. The fraction of sp³-hybridized carbons (Fsp3) is 0.412. The summed E-state index contributed by atoms with van der Waals surface area (Å²) in [5.74, 6) is 1.09. The van der Waals surface area contributed by atoms with Crippen LogP contribution in [-0.4, -0.2) is 45.6 Å². The molecule has 4 rings (SSSR count). The SMILES string of the molecule is Cc1nnc(NC(=O)CN2CCC(c3nc4ccccc4o3)CC2)s1. The fourth-order valence-electron chi connectivity index (χ4n) is 3.11. The van der Waals surface area contributed by atoms with E-state index in [4.69, 9.17) is 4.42 Å². The number of benzene rings is 1. The van der Waals surface area contributed by atoms with Crippen molar-refractivity contribution >= 4 is 33.5 Å². The molecule has 8 heteroatoms. The van der Waals surface area contributed by atoms with E-state index in [1.54, 1.807) is 0 Å². The van der Waals surface area contributed by atoms with Crippen molar-refractivity contribution in [3.8, 4) is 0 Å². The highest BCUT2D eigenvalue weighted by Crippen LogP contribution is 2.29. The van der Waals surface area contributed by atoms with Crippen molar-refractivity contribution in [2.24, 2.45) is 0 Å². The predicted molar refractivity (Wildman–Crippen MR) is 95.7 cm³/mol. The smallest absolute Gasteiger partial charge is 0.240 e. The van der Waals surface area contributed by atoms with Crippen LogP contribution in [0, 0.1) is 6.92 Å². The largest absolute Gasteiger partial charge is 0.440 e. The van der Waals surface area contributed by atoms with Gasteiger partial charge in [-0.2, -0.15) is 0 Å². The van der Waals surface area contributed by atoms with E-state index < -0.39 is 0 Å². The molecule has 1 amide bonds. The number of nitrogens with zero attached hydrogens (tertiary/aromatic N) is 4. The van der Waals surface area contributed by atoms with Gasteiger partial charge in [-0.15, -0.1) is 10.2 Å². The van der Waals surface area contributed by atoms with Gasteiger partial charge in [-0.05, 0) is 45.0 Å². The lowest BCUT2D eigenvalue weighted by atomic mass is 9.97. The Bertz CT molecular complexity index is 849. The molecule has 1 aliphatic heterocycles. The number of hydrogen-bond acceptors (Lipinski definition) is 7. The number of hydrogen-bond donors (Lipinski definition) is 1.